The molecule has 0 saturated carbocycles. The van der Waals surface area contributed by atoms with Crippen molar-refractivity contribution in [2.75, 3.05) is 13.2 Å². The number of hydrogen-bond donors (Lipinski definition) is 1. The Morgan fingerprint density at radius 3 is 2.64 bits per heavy atom. The van der Waals surface area contributed by atoms with Gasteiger partial charge in [-0.1, -0.05) is 35.3 Å². The average Bonchev–Trinajstić information content (AvgIpc) is 3.35. The zero-order valence-corrected chi connectivity index (χ0v) is 19.1. The van der Waals surface area contributed by atoms with E-state index in [0.29, 0.717) is 27.9 Å². The molecule has 10 heteroatoms. The topological polar surface area (TPSA) is 97.0 Å². The van der Waals surface area contributed by atoms with E-state index in [1.165, 1.54) is 18.2 Å². The molecule has 1 aliphatic heterocycles. The highest BCUT2D eigenvalue weighted by molar-refractivity contribution is 8.18. The van der Waals surface area contributed by atoms with Crippen molar-refractivity contribution >= 4 is 58.2 Å². The molecule has 1 fully saturated rings. The van der Waals surface area contributed by atoms with Crippen LogP contribution in [-0.2, 0) is 4.79 Å². The molecule has 1 N–H and O–H groups in total. The highest BCUT2D eigenvalue weighted by Crippen LogP contribution is 2.34. The smallest absolute Gasteiger partial charge is 0.337 e. The predicted molar refractivity (Wildman–Crippen MR) is 126 cm³/mol. The quantitative estimate of drug-likeness (QED) is 0.390. The summed E-state index contributed by atoms with van der Waals surface area (Å²) in [4.78, 5) is 37.6. The second-order valence-corrected chi connectivity index (χ2v) is 8.62. The standard InChI is InChI=1S/C23H15Cl2NO6S/c24-16-7-5-13(11-15(16)22(28)29)18-8-6-14(32-18)12-20-21(27)26(23(30)33-20)9-10-31-19-4-2-1-3-17(19)25/h1-8,11-12H,9-10H2,(H,28,29)/b20-12-. The number of carbonyl (C=O) groups is 3. The molecule has 2 aromatic carbocycles. The third-order valence-corrected chi connectivity index (χ3v) is 6.21. The van der Waals surface area contributed by atoms with Gasteiger partial charge >= 0.3 is 5.97 Å². The Kier molecular flexibility index (Phi) is 6.78. The first kappa shape index (κ1) is 23.0. The molecule has 1 aromatic heterocycles. The van der Waals surface area contributed by atoms with Gasteiger partial charge in [0.1, 0.15) is 23.9 Å². The summed E-state index contributed by atoms with van der Waals surface area (Å²) in [5, 5.41) is 9.38. The number of carboxylic acid groups (broad SMARTS) is 1. The van der Waals surface area contributed by atoms with E-state index in [-0.39, 0.29) is 28.6 Å². The van der Waals surface area contributed by atoms with Crippen molar-refractivity contribution in [3.8, 4) is 17.1 Å². The van der Waals surface area contributed by atoms with Gasteiger partial charge in [-0.2, -0.15) is 0 Å². The van der Waals surface area contributed by atoms with Crippen LogP contribution in [0.5, 0.6) is 5.75 Å². The Bertz CT molecular complexity index is 1290. The molecule has 0 aliphatic carbocycles. The Morgan fingerprint density at radius 2 is 1.88 bits per heavy atom. The van der Waals surface area contributed by atoms with Crippen LogP contribution in [0.1, 0.15) is 16.1 Å². The van der Waals surface area contributed by atoms with Crippen LogP contribution in [-0.4, -0.2) is 40.3 Å². The molecule has 2 heterocycles. The number of nitrogens with zero attached hydrogens (tertiary/aromatic N) is 1. The van der Waals surface area contributed by atoms with E-state index < -0.39 is 17.1 Å². The van der Waals surface area contributed by atoms with Crippen LogP contribution in [0.25, 0.3) is 17.4 Å². The number of halogens is 2. The second kappa shape index (κ2) is 9.74. The summed E-state index contributed by atoms with van der Waals surface area (Å²) in [5.74, 6) is -0.397. The van der Waals surface area contributed by atoms with Gasteiger partial charge in [-0.15, -0.1) is 0 Å². The first-order valence-electron chi connectivity index (χ1n) is 9.59. The van der Waals surface area contributed by atoms with Gasteiger partial charge in [-0.25, -0.2) is 4.79 Å². The Morgan fingerprint density at radius 1 is 1.09 bits per heavy atom. The Hall–Kier alpha value is -3.20. The minimum Gasteiger partial charge on any atom is -0.490 e. The van der Waals surface area contributed by atoms with Crippen LogP contribution < -0.4 is 4.74 Å². The van der Waals surface area contributed by atoms with Gasteiger partial charge in [0.25, 0.3) is 11.1 Å². The second-order valence-electron chi connectivity index (χ2n) is 6.81. The lowest BCUT2D eigenvalue weighted by Gasteiger charge is -2.13. The summed E-state index contributed by atoms with van der Waals surface area (Å²) in [6.45, 7) is 0.168. The van der Waals surface area contributed by atoms with Crippen molar-refractivity contribution in [2.24, 2.45) is 0 Å². The fraction of sp³-hybridized carbons (Fsp3) is 0.0870. The van der Waals surface area contributed by atoms with E-state index in [9.17, 15) is 19.5 Å². The minimum absolute atomic E-state index is 0.0488. The van der Waals surface area contributed by atoms with Gasteiger partial charge in [-0.3, -0.25) is 14.5 Å². The largest absolute Gasteiger partial charge is 0.490 e. The summed E-state index contributed by atoms with van der Waals surface area (Å²) in [7, 11) is 0. The highest BCUT2D eigenvalue weighted by Gasteiger charge is 2.35. The van der Waals surface area contributed by atoms with E-state index in [1.54, 1.807) is 42.5 Å². The first-order chi connectivity index (χ1) is 15.8. The minimum atomic E-state index is -1.15. The molecule has 4 rings (SSSR count). The Labute approximate surface area is 202 Å². The van der Waals surface area contributed by atoms with E-state index in [1.807, 2.05) is 0 Å². The lowest BCUT2D eigenvalue weighted by molar-refractivity contribution is -0.123. The fourth-order valence-corrected chi connectivity index (χ4v) is 4.29. The van der Waals surface area contributed by atoms with Gasteiger partial charge in [-0.05, 0) is 54.2 Å². The lowest BCUT2D eigenvalue weighted by Crippen LogP contribution is -2.32. The maximum Gasteiger partial charge on any atom is 0.337 e. The maximum absolute atomic E-state index is 12.7. The molecule has 0 unspecified atom stereocenters. The van der Waals surface area contributed by atoms with Crippen LogP contribution >= 0.6 is 35.0 Å². The van der Waals surface area contributed by atoms with Crippen molar-refractivity contribution in [3.05, 3.63) is 80.9 Å². The summed E-state index contributed by atoms with van der Waals surface area (Å²) < 4.78 is 11.3. The average molecular weight is 504 g/mol. The number of benzene rings is 2. The zero-order chi connectivity index (χ0) is 23.5. The van der Waals surface area contributed by atoms with Crippen LogP contribution in [0.4, 0.5) is 4.79 Å². The van der Waals surface area contributed by atoms with E-state index in [4.69, 9.17) is 32.4 Å². The number of carbonyl (C=O) groups excluding carboxylic acids is 2. The number of rotatable bonds is 7. The van der Waals surface area contributed by atoms with Crippen molar-refractivity contribution in [1.29, 1.82) is 0 Å². The van der Waals surface area contributed by atoms with E-state index in [0.717, 1.165) is 16.7 Å². The molecule has 0 radical (unpaired) electrons. The molecule has 1 saturated heterocycles. The number of aromatic carboxylic acids is 1. The monoisotopic (exact) mass is 503 g/mol. The molecule has 3 aromatic rings. The molecule has 0 bridgehead atoms. The Balaban J connectivity index is 1.45. The normalized spacial score (nSPS) is 14.8. The van der Waals surface area contributed by atoms with Crippen LogP contribution in [0.2, 0.25) is 10.0 Å². The highest BCUT2D eigenvalue weighted by atomic mass is 35.5. The van der Waals surface area contributed by atoms with Crippen LogP contribution in [0.3, 0.4) is 0 Å². The number of carboxylic acids is 1. The molecule has 168 valence electrons. The van der Waals surface area contributed by atoms with Gasteiger partial charge in [0.15, 0.2) is 0 Å². The van der Waals surface area contributed by atoms with Crippen LogP contribution in [0, 0.1) is 0 Å². The maximum atomic E-state index is 12.7. The SMILES string of the molecule is O=C(O)c1cc(-c2ccc(/C=C3\SC(=O)N(CCOc4ccccc4Cl)C3=O)o2)ccc1Cl. The number of thioether (sulfide) groups is 1. The molecule has 0 atom stereocenters. The van der Waals surface area contributed by atoms with Crippen molar-refractivity contribution in [1.82, 2.24) is 4.90 Å². The number of para-hydroxylation sites is 1. The van der Waals surface area contributed by atoms with Gasteiger partial charge in [0.05, 0.1) is 27.1 Å². The summed E-state index contributed by atoms with van der Waals surface area (Å²) in [6.07, 6.45) is 1.47. The van der Waals surface area contributed by atoms with Gasteiger partial charge in [0, 0.05) is 11.6 Å². The zero-order valence-electron chi connectivity index (χ0n) is 16.8. The number of imide groups is 1. The summed E-state index contributed by atoms with van der Waals surface area (Å²) in [6, 6.07) is 14.7. The van der Waals surface area contributed by atoms with Gasteiger partial charge in [0.2, 0.25) is 0 Å². The molecule has 2 amide bonds. The van der Waals surface area contributed by atoms with Gasteiger partial charge < -0.3 is 14.3 Å². The molecule has 0 spiro atoms. The van der Waals surface area contributed by atoms with E-state index in [2.05, 4.69) is 0 Å². The van der Waals surface area contributed by atoms with E-state index >= 15 is 0 Å². The molecular formula is C23H15Cl2NO6S. The third-order valence-electron chi connectivity index (χ3n) is 4.66. The number of ether oxygens (including phenoxy) is 1. The number of hydrogen-bond acceptors (Lipinski definition) is 6. The summed E-state index contributed by atoms with van der Waals surface area (Å²) in [5.41, 5.74) is 0.466. The first-order valence-corrected chi connectivity index (χ1v) is 11.2. The van der Waals surface area contributed by atoms with Crippen molar-refractivity contribution in [2.45, 2.75) is 0 Å². The van der Waals surface area contributed by atoms with Crippen molar-refractivity contribution < 1.29 is 28.6 Å². The third kappa shape index (κ3) is 5.08. The molecule has 1 aliphatic rings. The summed E-state index contributed by atoms with van der Waals surface area (Å²) >= 11 is 12.7. The number of amides is 2. The molecule has 7 nitrogen and oxygen atoms in total. The fourth-order valence-electron chi connectivity index (χ4n) is 3.06. The predicted octanol–water partition coefficient (Wildman–Crippen LogP) is 6.07. The van der Waals surface area contributed by atoms with Crippen LogP contribution in [0.15, 0.2) is 63.9 Å². The lowest BCUT2D eigenvalue weighted by atomic mass is 10.1. The number of furan rings is 1. The van der Waals surface area contributed by atoms with Crippen molar-refractivity contribution in [3.63, 3.8) is 0 Å². The molecule has 33 heavy (non-hydrogen) atoms. The molecular weight excluding hydrogens is 489 g/mol.